The van der Waals surface area contributed by atoms with Crippen molar-refractivity contribution in [1.82, 2.24) is 4.98 Å². The van der Waals surface area contributed by atoms with Gasteiger partial charge in [-0.25, -0.2) is 4.98 Å². The van der Waals surface area contributed by atoms with Gasteiger partial charge < -0.3 is 10.1 Å². The fraction of sp³-hybridized carbons (Fsp3) is 0.0500. The van der Waals surface area contributed by atoms with Crippen LogP contribution in [0.1, 0.15) is 0 Å². The maximum atomic E-state index is 12.2. The number of alkyl halides is 3. The molecule has 0 aliphatic rings. The number of nitrogens with zero attached hydrogens (tertiary/aromatic N) is 1. The first-order valence-corrected chi connectivity index (χ1v) is 8.92. The van der Waals surface area contributed by atoms with Gasteiger partial charge in [0.1, 0.15) is 5.75 Å². The van der Waals surface area contributed by atoms with E-state index in [0.29, 0.717) is 10.8 Å². The van der Waals surface area contributed by atoms with E-state index >= 15 is 0 Å². The van der Waals surface area contributed by atoms with Crippen molar-refractivity contribution in [1.29, 1.82) is 0 Å². The highest BCUT2D eigenvalue weighted by atomic mass is 32.1. The lowest BCUT2D eigenvalue weighted by Gasteiger charge is -2.09. The minimum absolute atomic E-state index is 0.260. The van der Waals surface area contributed by atoms with Crippen LogP contribution >= 0.6 is 11.3 Å². The molecular weight excluding hydrogens is 373 g/mol. The number of rotatable bonds is 4. The second kappa shape index (κ2) is 6.92. The molecule has 4 aromatic rings. The molecule has 0 saturated heterocycles. The van der Waals surface area contributed by atoms with Gasteiger partial charge in [0.25, 0.3) is 0 Å². The van der Waals surface area contributed by atoms with Crippen LogP contribution in [-0.2, 0) is 0 Å². The van der Waals surface area contributed by atoms with Gasteiger partial charge in [0.05, 0.1) is 5.69 Å². The van der Waals surface area contributed by atoms with Crippen LogP contribution in [0.25, 0.3) is 22.0 Å². The molecule has 3 nitrogen and oxygen atoms in total. The summed E-state index contributed by atoms with van der Waals surface area (Å²) >= 11 is 1.43. The predicted molar refractivity (Wildman–Crippen MR) is 101 cm³/mol. The zero-order valence-electron chi connectivity index (χ0n) is 13.8. The summed E-state index contributed by atoms with van der Waals surface area (Å²) in [5.41, 5.74) is 2.47. The zero-order chi connectivity index (χ0) is 18.9. The summed E-state index contributed by atoms with van der Waals surface area (Å²) in [6.45, 7) is 0. The topological polar surface area (TPSA) is 34.1 Å². The Hall–Kier alpha value is -3.06. The second-order valence-electron chi connectivity index (χ2n) is 5.80. The van der Waals surface area contributed by atoms with Crippen LogP contribution in [0.15, 0.2) is 72.1 Å². The van der Waals surface area contributed by atoms with Crippen LogP contribution in [0.5, 0.6) is 5.75 Å². The maximum Gasteiger partial charge on any atom is 0.573 e. The number of ether oxygens (including phenoxy) is 1. The average Bonchev–Trinajstić information content (AvgIpc) is 3.10. The van der Waals surface area contributed by atoms with Gasteiger partial charge in [0.15, 0.2) is 5.13 Å². The zero-order valence-corrected chi connectivity index (χ0v) is 14.6. The molecule has 3 aromatic carbocycles. The Labute approximate surface area is 157 Å². The van der Waals surface area contributed by atoms with E-state index in [4.69, 9.17) is 0 Å². The third-order valence-electron chi connectivity index (χ3n) is 3.89. The summed E-state index contributed by atoms with van der Waals surface area (Å²) in [5.74, 6) is -0.260. The lowest BCUT2D eigenvalue weighted by atomic mass is 10.1. The van der Waals surface area contributed by atoms with E-state index in [0.717, 1.165) is 22.0 Å². The van der Waals surface area contributed by atoms with Gasteiger partial charge in [-0.2, -0.15) is 0 Å². The summed E-state index contributed by atoms with van der Waals surface area (Å²) < 4.78 is 40.5. The molecule has 136 valence electrons. The standard InChI is InChI=1S/C20H13F3N2OS/c21-20(22,23)26-17-9-7-16(8-10-17)24-19-25-18(12-27-19)15-6-5-13-3-1-2-4-14(13)11-15/h1-12H,(H,24,25). The quantitative estimate of drug-likeness (QED) is 0.429. The molecular formula is C20H13F3N2OS. The third-order valence-corrected chi connectivity index (χ3v) is 4.65. The van der Waals surface area contributed by atoms with E-state index < -0.39 is 6.36 Å². The molecule has 1 heterocycles. The van der Waals surface area contributed by atoms with Crippen LogP contribution in [0, 0.1) is 0 Å². The highest BCUT2D eigenvalue weighted by molar-refractivity contribution is 7.14. The number of nitrogens with one attached hydrogen (secondary N) is 1. The Bertz CT molecular complexity index is 1070. The Kier molecular flexibility index (Phi) is 4.45. The van der Waals surface area contributed by atoms with Crippen molar-refractivity contribution in [3.63, 3.8) is 0 Å². The molecule has 0 spiro atoms. The summed E-state index contributed by atoms with van der Waals surface area (Å²) in [6.07, 6.45) is -4.70. The molecule has 0 radical (unpaired) electrons. The molecule has 1 N–H and O–H groups in total. The number of thiazole rings is 1. The first-order chi connectivity index (χ1) is 13.0. The molecule has 0 atom stereocenters. The van der Waals surface area contributed by atoms with E-state index in [1.165, 1.54) is 35.6 Å². The molecule has 0 bridgehead atoms. The Morgan fingerprint density at radius 3 is 2.37 bits per heavy atom. The minimum Gasteiger partial charge on any atom is -0.406 e. The van der Waals surface area contributed by atoms with E-state index in [2.05, 4.69) is 39.3 Å². The molecule has 4 rings (SSSR count). The first-order valence-electron chi connectivity index (χ1n) is 8.04. The van der Waals surface area contributed by atoms with Crippen molar-refractivity contribution in [2.75, 3.05) is 5.32 Å². The van der Waals surface area contributed by atoms with Crippen LogP contribution in [-0.4, -0.2) is 11.3 Å². The number of anilines is 2. The first kappa shape index (κ1) is 17.4. The molecule has 1 aromatic heterocycles. The Balaban J connectivity index is 1.50. The largest absolute Gasteiger partial charge is 0.573 e. The molecule has 0 aliphatic carbocycles. The normalized spacial score (nSPS) is 11.5. The summed E-state index contributed by atoms with van der Waals surface area (Å²) in [7, 11) is 0. The molecule has 0 saturated carbocycles. The van der Waals surface area contributed by atoms with Crippen molar-refractivity contribution in [3.8, 4) is 17.0 Å². The molecule has 27 heavy (non-hydrogen) atoms. The SMILES string of the molecule is FC(F)(F)Oc1ccc(Nc2nc(-c3ccc4ccccc4c3)cs2)cc1. The van der Waals surface area contributed by atoms with Gasteiger partial charge in [-0.05, 0) is 41.1 Å². The average molecular weight is 386 g/mol. The van der Waals surface area contributed by atoms with E-state index in [1.54, 1.807) is 0 Å². The van der Waals surface area contributed by atoms with Crippen molar-refractivity contribution in [2.45, 2.75) is 6.36 Å². The van der Waals surface area contributed by atoms with Gasteiger partial charge in [0.2, 0.25) is 0 Å². The summed E-state index contributed by atoms with van der Waals surface area (Å²) in [6, 6.07) is 19.8. The number of aromatic nitrogens is 1. The Morgan fingerprint density at radius 2 is 1.63 bits per heavy atom. The number of benzene rings is 3. The fourth-order valence-electron chi connectivity index (χ4n) is 2.68. The van der Waals surface area contributed by atoms with Gasteiger partial charge in [-0.3, -0.25) is 0 Å². The molecule has 7 heteroatoms. The molecule has 0 amide bonds. The number of halogens is 3. The predicted octanol–water partition coefficient (Wildman–Crippen LogP) is 6.61. The van der Waals surface area contributed by atoms with Crippen molar-refractivity contribution in [3.05, 3.63) is 72.1 Å². The van der Waals surface area contributed by atoms with Crippen LogP contribution in [0.3, 0.4) is 0 Å². The summed E-state index contributed by atoms with van der Waals surface area (Å²) in [5, 5.41) is 7.98. The lowest BCUT2D eigenvalue weighted by molar-refractivity contribution is -0.274. The highest BCUT2D eigenvalue weighted by Gasteiger charge is 2.30. The van der Waals surface area contributed by atoms with Gasteiger partial charge >= 0.3 is 6.36 Å². The minimum atomic E-state index is -4.70. The number of hydrogen-bond acceptors (Lipinski definition) is 4. The van der Waals surface area contributed by atoms with Crippen LogP contribution in [0.2, 0.25) is 0 Å². The van der Waals surface area contributed by atoms with E-state index in [1.807, 2.05) is 23.6 Å². The van der Waals surface area contributed by atoms with Crippen LogP contribution < -0.4 is 10.1 Å². The summed E-state index contributed by atoms with van der Waals surface area (Å²) in [4.78, 5) is 4.56. The number of hydrogen-bond donors (Lipinski definition) is 1. The fourth-order valence-corrected chi connectivity index (χ4v) is 3.42. The Morgan fingerprint density at radius 1 is 0.889 bits per heavy atom. The van der Waals surface area contributed by atoms with E-state index in [-0.39, 0.29) is 5.75 Å². The second-order valence-corrected chi connectivity index (χ2v) is 6.66. The van der Waals surface area contributed by atoms with Gasteiger partial charge in [0, 0.05) is 16.6 Å². The smallest absolute Gasteiger partial charge is 0.406 e. The molecule has 0 aliphatic heterocycles. The molecule has 0 fully saturated rings. The van der Waals surface area contributed by atoms with Crippen LogP contribution in [0.4, 0.5) is 24.0 Å². The van der Waals surface area contributed by atoms with Gasteiger partial charge in [-0.15, -0.1) is 24.5 Å². The third kappa shape index (κ3) is 4.20. The molecule has 0 unspecified atom stereocenters. The monoisotopic (exact) mass is 386 g/mol. The van der Waals surface area contributed by atoms with Crippen molar-refractivity contribution in [2.24, 2.45) is 0 Å². The highest BCUT2D eigenvalue weighted by Crippen LogP contribution is 2.30. The number of fused-ring (bicyclic) bond motifs is 1. The van der Waals surface area contributed by atoms with E-state index in [9.17, 15) is 13.2 Å². The maximum absolute atomic E-state index is 12.2. The van der Waals surface area contributed by atoms with Crippen molar-refractivity contribution < 1.29 is 17.9 Å². The van der Waals surface area contributed by atoms with Gasteiger partial charge in [-0.1, -0.05) is 36.4 Å². The van der Waals surface area contributed by atoms with Crippen molar-refractivity contribution >= 4 is 32.9 Å². The lowest BCUT2D eigenvalue weighted by Crippen LogP contribution is -2.16.